The van der Waals surface area contributed by atoms with E-state index in [9.17, 15) is 13.5 Å². The first-order chi connectivity index (χ1) is 16.0. The average Bonchev–Trinajstić information content (AvgIpc) is 3.26. The smallest absolute Gasteiger partial charge is 0.245 e. The third kappa shape index (κ3) is 5.71. The third-order valence-electron chi connectivity index (χ3n) is 6.52. The second-order valence-corrected chi connectivity index (χ2v) is 10.7. The Morgan fingerprint density at radius 2 is 1.55 bits per heavy atom. The zero-order chi connectivity index (χ0) is 23.3. The topological polar surface area (TPSA) is 60.9 Å². The van der Waals surface area contributed by atoms with Crippen LogP contribution in [0.4, 0.5) is 0 Å². The molecule has 4 rings (SSSR count). The minimum absolute atomic E-state index is 0.124. The maximum absolute atomic E-state index is 13.0. The van der Waals surface area contributed by atoms with Crippen molar-refractivity contribution in [2.24, 2.45) is 0 Å². The van der Waals surface area contributed by atoms with Crippen LogP contribution in [0, 0.1) is 0 Å². The highest BCUT2D eigenvalue weighted by atomic mass is 32.2. The van der Waals surface area contributed by atoms with Gasteiger partial charge in [0.1, 0.15) is 6.73 Å². The highest BCUT2D eigenvalue weighted by molar-refractivity contribution is 7.89. The van der Waals surface area contributed by atoms with E-state index in [-0.39, 0.29) is 11.4 Å². The number of likely N-dealkylation sites (tertiary alicyclic amines) is 1. The molecular formula is C27H32N2O3S. The molecule has 0 aromatic heterocycles. The summed E-state index contributed by atoms with van der Waals surface area (Å²) < 4.78 is 27.1. The largest absolute Gasteiger partial charge is 0.380 e. The number of aliphatic hydroxyl groups is 1. The molecule has 1 aliphatic heterocycles. The summed E-state index contributed by atoms with van der Waals surface area (Å²) in [7, 11) is -3.80. The van der Waals surface area contributed by atoms with Crippen molar-refractivity contribution in [2.75, 3.05) is 19.8 Å². The Morgan fingerprint density at radius 3 is 2.12 bits per heavy atom. The van der Waals surface area contributed by atoms with Crippen LogP contribution in [-0.2, 0) is 23.0 Å². The van der Waals surface area contributed by atoms with Gasteiger partial charge < -0.3 is 10.0 Å². The molecule has 1 aliphatic rings. The van der Waals surface area contributed by atoms with Crippen LogP contribution in [0.1, 0.15) is 30.9 Å². The summed E-state index contributed by atoms with van der Waals surface area (Å²) in [5.41, 5.74) is 4.16. The molecule has 1 heterocycles. The fourth-order valence-corrected chi connectivity index (χ4v) is 5.68. The lowest BCUT2D eigenvalue weighted by molar-refractivity contribution is 0.174. The van der Waals surface area contributed by atoms with Crippen molar-refractivity contribution in [3.8, 4) is 11.1 Å². The maximum atomic E-state index is 13.0. The maximum Gasteiger partial charge on any atom is 0.245 e. The molecule has 3 aromatic rings. The van der Waals surface area contributed by atoms with Gasteiger partial charge in [0.25, 0.3) is 0 Å². The normalized spacial score (nSPS) is 17.0. The van der Waals surface area contributed by atoms with Crippen LogP contribution < -0.4 is 0 Å². The highest BCUT2D eigenvalue weighted by Crippen LogP contribution is 2.25. The number of hydrogen-bond donors (Lipinski definition) is 1. The van der Waals surface area contributed by atoms with Crippen LogP contribution in [0.15, 0.2) is 83.8 Å². The van der Waals surface area contributed by atoms with E-state index in [1.165, 1.54) is 24.9 Å². The fourth-order valence-electron chi connectivity index (χ4n) is 4.43. The number of hydrogen-bond acceptors (Lipinski definition) is 4. The van der Waals surface area contributed by atoms with Crippen molar-refractivity contribution in [3.63, 3.8) is 0 Å². The number of aliphatic hydroxyl groups excluding tert-OH is 1. The molecule has 0 saturated carbocycles. The van der Waals surface area contributed by atoms with E-state index < -0.39 is 16.8 Å². The van der Waals surface area contributed by atoms with Gasteiger partial charge >= 0.3 is 0 Å². The molecule has 0 bridgehead atoms. The lowest BCUT2D eigenvalue weighted by Crippen LogP contribution is -2.31. The lowest BCUT2D eigenvalue weighted by atomic mass is 10.0. The van der Waals surface area contributed by atoms with Crippen LogP contribution in [0.25, 0.3) is 11.1 Å². The van der Waals surface area contributed by atoms with Crippen molar-refractivity contribution in [1.29, 1.82) is 0 Å². The Bertz CT molecular complexity index is 1130. The van der Waals surface area contributed by atoms with E-state index in [0.29, 0.717) is 6.04 Å². The highest BCUT2D eigenvalue weighted by Gasteiger charge is 2.24. The van der Waals surface area contributed by atoms with Crippen molar-refractivity contribution in [1.82, 2.24) is 9.21 Å². The molecule has 0 radical (unpaired) electrons. The molecule has 1 N–H and O–H groups in total. The van der Waals surface area contributed by atoms with Crippen LogP contribution >= 0.6 is 0 Å². The SMILES string of the molecule is C[C@@H]1CCCN1CCc1ccc(-c2ccc(S(=O)(=O)N(CO)Cc3ccccc3)cc2)cc1. The van der Waals surface area contributed by atoms with Gasteiger partial charge in [0.2, 0.25) is 10.0 Å². The van der Waals surface area contributed by atoms with E-state index in [1.807, 2.05) is 42.5 Å². The average molecular weight is 465 g/mol. The van der Waals surface area contributed by atoms with Gasteiger partial charge in [-0.2, -0.15) is 4.31 Å². The number of sulfonamides is 1. The molecule has 3 aromatic carbocycles. The van der Waals surface area contributed by atoms with Gasteiger partial charge in [-0.1, -0.05) is 66.7 Å². The molecule has 0 amide bonds. The molecule has 1 saturated heterocycles. The zero-order valence-corrected chi connectivity index (χ0v) is 19.9. The first-order valence-corrected chi connectivity index (χ1v) is 13.0. The Labute approximate surface area is 197 Å². The second-order valence-electron chi connectivity index (χ2n) is 8.74. The monoisotopic (exact) mass is 464 g/mol. The van der Waals surface area contributed by atoms with Crippen molar-refractivity contribution in [2.45, 2.75) is 43.7 Å². The minimum Gasteiger partial charge on any atom is -0.380 e. The summed E-state index contributed by atoms with van der Waals surface area (Å²) in [6.07, 6.45) is 3.64. The Hall–Kier alpha value is -2.51. The Kier molecular flexibility index (Phi) is 7.60. The summed E-state index contributed by atoms with van der Waals surface area (Å²) in [4.78, 5) is 2.73. The van der Waals surface area contributed by atoms with Gasteiger partial charge in [0, 0.05) is 19.1 Å². The molecule has 6 heteroatoms. The molecule has 174 valence electrons. The predicted octanol–water partition coefficient (Wildman–Crippen LogP) is 4.52. The van der Waals surface area contributed by atoms with Crippen molar-refractivity contribution in [3.05, 3.63) is 90.0 Å². The molecule has 0 aliphatic carbocycles. The van der Waals surface area contributed by atoms with Crippen LogP contribution in [0.2, 0.25) is 0 Å². The summed E-state index contributed by atoms with van der Waals surface area (Å²) in [6, 6.07) is 25.3. The Morgan fingerprint density at radius 1 is 0.909 bits per heavy atom. The lowest BCUT2D eigenvalue weighted by Gasteiger charge is -2.20. The van der Waals surface area contributed by atoms with E-state index >= 15 is 0 Å². The standard InChI is InChI=1S/C27H32N2O3S/c1-22-6-5-18-28(22)19-17-23-9-11-25(12-10-23)26-13-15-27(16-14-26)33(31,32)29(21-30)20-24-7-3-2-4-8-24/h2-4,7-16,22,30H,5-6,17-21H2,1H3/t22-/m1/s1. The van der Waals surface area contributed by atoms with Crippen molar-refractivity contribution < 1.29 is 13.5 Å². The van der Waals surface area contributed by atoms with E-state index in [1.54, 1.807) is 12.1 Å². The molecular weight excluding hydrogens is 432 g/mol. The molecule has 0 unspecified atom stereocenters. The van der Waals surface area contributed by atoms with Crippen molar-refractivity contribution >= 4 is 10.0 Å². The van der Waals surface area contributed by atoms with Crippen LogP contribution in [-0.4, -0.2) is 48.6 Å². The first-order valence-electron chi connectivity index (χ1n) is 11.6. The summed E-state index contributed by atoms with van der Waals surface area (Å²) >= 11 is 0. The summed E-state index contributed by atoms with van der Waals surface area (Å²) in [6.45, 7) is 4.15. The van der Waals surface area contributed by atoms with Crippen LogP contribution in [0.5, 0.6) is 0 Å². The molecule has 33 heavy (non-hydrogen) atoms. The second kappa shape index (κ2) is 10.6. The van der Waals surface area contributed by atoms with E-state index in [4.69, 9.17) is 0 Å². The zero-order valence-electron chi connectivity index (χ0n) is 19.1. The quantitative estimate of drug-likeness (QED) is 0.473. The number of rotatable bonds is 9. The third-order valence-corrected chi connectivity index (χ3v) is 8.31. The first kappa shape index (κ1) is 23.6. The van der Waals surface area contributed by atoms with Crippen LogP contribution in [0.3, 0.4) is 0 Å². The molecule has 1 atom stereocenters. The molecule has 5 nitrogen and oxygen atoms in total. The van der Waals surface area contributed by atoms with Gasteiger partial charge in [-0.25, -0.2) is 8.42 Å². The minimum atomic E-state index is -3.80. The van der Waals surface area contributed by atoms with E-state index in [0.717, 1.165) is 34.0 Å². The summed E-state index contributed by atoms with van der Waals surface area (Å²) in [5.74, 6) is 0. The van der Waals surface area contributed by atoms with Gasteiger partial charge in [-0.15, -0.1) is 0 Å². The Balaban J connectivity index is 1.42. The van der Waals surface area contributed by atoms with Gasteiger partial charge in [0.05, 0.1) is 4.90 Å². The van der Waals surface area contributed by atoms with Gasteiger partial charge in [-0.3, -0.25) is 0 Å². The number of nitrogens with zero attached hydrogens (tertiary/aromatic N) is 2. The van der Waals surface area contributed by atoms with Gasteiger partial charge in [-0.05, 0) is 67.1 Å². The van der Waals surface area contributed by atoms with Gasteiger partial charge in [0.15, 0.2) is 0 Å². The summed E-state index contributed by atoms with van der Waals surface area (Å²) in [5, 5.41) is 9.71. The predicted molar refractivity (Wildman–Crippen MR) is 132 cm³/mol. The molecule has 0 spiro atoms. The fraction of sp³-hybridized carbons (Fsp3) is 0.333. The number of benzene rings is 3. The van der Waals surface area contributed by atoms with E-state index in [2.05, 4.69) is 36.1 Å². The molecule has 1 fully saturated rings.